The third-order valence-corrected chi connectivity index (χ3v) is 2.73. The molecular weight excluding hydrogens is 174 g/mol. The summed E-state index contributed by atoms with van der Waals surface area (Å²) in [5.41, 5.74) is 0. The van der Waals surface area contributed by atoms with Gasteiger partial charge < -0.3 is 4.74 Å². The lowest BCUT2D eigenvalue weighted by Crippen LogP contribution is -2.43. The molecule has 1 saturated heterocycles. The zero-order valence-electron chi connectivity index (χ0n) is 9.96. The second-order valence-electron chi connectivity index (χ2n) is 4.79. The Hall–Kier alpha value is -0.0800. The van der Waals surface area contributed by atoms with Crippen LogP contribution in [0.2, 0.25) is 0 Å². The first-order valence-electron chi connectivity index (χ1n) is 6.06. The van der Waals surface area contributed by atoms with Crippen LogP contribution in [0.15, 0.2) is 0 Å². The molecule has 1 atom stereocenters. The Kier molecular flexibility index (Phi) is 5.49. The van der Waals surface area contributed by atoms with Crippen LogP contribution in [0.1, 0.15) is 40.0 Å². The van der Waals surface area contributed by atoms with Gasteiger partial charge in [-0.15, -0.1) is 0 Å². The minimum atomic E-state index is 0.502. The van der Waals surface area contributed by atoms with Crippen molar-refractivity contribution in [1.82, 2.24) is 4.90 Å². The standard InChI is InChI=1S/C12H25NO/c1-4-5-6-12-10-13(7-8-14-12)9-11(2)3/h11-12H,4-10H2,1-3H3/t12-/m1/s1. The van der Waals surface area contributed by atoms with Crippen molar-refractivity contribution in [1.29, 1.82) is 0 Å². The molecular formula is C12H25NO. The first kappa shape index (κ1) is 12.0. The number of ether oxygens (including phenoxy) is 1. The molecule has 0 radical (unpaired) electrons. The Morgan fingerprint density at radius 2 is 2.21 bits per heavy atom. The van der Waals surface area contributed by atoms with Crippen molar-refractivity contribution in [3.8, 4) is 0 Å². The first-order chi connectivity index (χ1) is 6.72. The molecule has 1 aliphatic rings. The molecule has 1 rings (SSSR count). The Morgan fingerprint density at radius 1 is 1.43 bits per heavy atom. The van der Waals surface area contributed by atoms with Crippen LogP contribution < -0.4 is 0 Å². The van der Waals surface area contributed by atoms with Gasteiger partial charge in [0.15, 0.2) is 0 Å². The molecule has 0 aromatic heterocycles. The van der Waals surface area contributed by atoms with Gasteiger partial charge in [-0.1, -0.05) is 33.6 Å². The van der Waals surface area contributed by atoms with E-state index < -0.39 is 0 Å². The minimum absolute atomic E-state index is 0.502. The lowest BCUT2D eigenvalue weighted by molar-refractivity contribution is -0.0358. The lowest BCUT2D eigenvalue weighted by atomic mass is 10.1. The monoisotopic (exact) mass is 199 g/mol. The average molecular weight is 199 g/mol. The topological polar surface area (TPSA) is 12.5 Å². The number of morpholine rings is 1. The van der Waals surface area contributed by atoms with E-state index in [0.29, 0.717) is 6.10 Å². The highest BCUT2D eigenvalue weighted by Gasteiger charge is 2.19. The third-order valence-electron chi connectivity index (χ3n) is 2.73. The zero-order valence-corrected chi connectivity index (χ0v) is 9.96. The molecule has 1 fully saturated rings. The third kappa shape index (κ3) is 4.43. The summed E-state index contributed by atoms with van der Waals surface area (Å²) in [7, 11) is 0. The van der Waals surface area contributed by atoms with Gasteiger partial charge in [0, 0.05) is 19.6 Å². The van der Waals surface area contributed by atoms with Crippen LogP contribution in [0, 0.1) is 5.92 Å². The van der Waals surface area contributed by atoms with Gasteiger partial charge in [-0.25, -0.2) is 0 Å². The van der Waals surface area contributed by atoms with Crippen LogP contribution in [0.3, 0.4) is 0 Å². The van der Waals surface area contributed by atoms with E-state index in [0.717, 1.165) is 25.6 Å². The highest BCUT2D eigenvalue weighted by atomic mass is 16.5. The first-order valence-corrected chi connectivity index (χ1v) is 6.06. The van der Waals surface area contributed by atoms with Gasteiger partial charge in [-0.3, -0.25) is 4.90 Å². The highest BCUT2D eigenvalue weighted by molar-refractivity contribution is 4.72. The molecule has 0 aromatic rings. The number of hydrogen-bond donors (Lipinski definition) is 0. The molecule has 1 aliphatic heterocycles. The van der Waals surface area contributed by atoms with Crippen molar-refractivity contribution in [3.63, 3.8) is 0 Å². The molecule has 0 amide bonds. The summed E-state index contributed by atoms with van der Waals surface area (Å²) in [6, 6.07) is 0. The van der Waals surface area contributed by atoms with Gasteiger partial charge >= 0.3 is 0 Å². The van der Waals surface area contributed by atoms with Gasteiger partial charge in [0.25, 0.3) is 0 Å². The molecule has 0 spiro atoms. The van der Waals surface area contributed by atoms with Crippen LogP contribution >= 0.6 is 0 Å². The number of rotatable bonds is 5. The van der Waals surface area contributed by atoms with Crippen LogP contribution in [0.4, 0.5) is 0 Å². The van der Waals surface area contributed by atoms with E-state index in [1.165, 1.54) is 25.8 Å². The molecule has 0 aliphatic carbocycles. The predicted molar refractivity (Wildman–Crippen MR) is 60.5 cm³/mol. The molecule has 84 valence electrons. The van der Waals surface area contributed by atoms with Crippen LogP contribution in [-0.4, -0.2) is 37.2 Å². The molecule has 0 N–H and O–H groups in total. The van der Waals surface area contributed by atoms with E-state index in [9.17, 15) is 0 Å². The van der Waals surface area contributed by atoms with Crippen molar-refractivity contribution >= 4 is 0 Å². The Labute approximate surface area is 88.6 Å². The predicted octanol–water partition coefficient (Wildman–Crippen LogP) is 2.53. The summed E-state index contributed by atoms with van der Waals surface area (Å²) in [6.45, 7) is 11.3. The largest absolute Gasteiger partial charge is 0.376 e. The van der Waals surface area contributed by atoms with E-state index in [2.05, 4.69) is 25.7 Å². The van der Waals surface area contributed by atoms with Crippen LogP contribution in [0.25, 0.3) is 0 Å². The van der Waals surface area contributed by atoms with Gasteiger partial charge in [0.05, 0.1) is 12.7 Å². The maximum absolute atomic E-state index is 5.75. The Morgan fingerprint density at radius 3 is 2.86 bits per heavy atom. The average Bonchev–Trinajstić information content (AvgIpc) is 2.14. The van der Waals surface area contributed by atoms with E-state index >= 15 is 0 Å². The van der Waals surface area contributed by atoms with Crippen molar-refractivity contribution in [2.24, 2.45) is 5.92 Å². The van der Waals surface area contributed by atoms with E-state index in [1.54, 1.807) is 0 Å². The highest BCUT2D eigenvalue weighted by Crippen LogP contribution is 2.12. The van der Waals surface area contributed by atoms with Gasteiger partial charge in [-0.05, 0) is 12.3 Å². The van der Waals surface area contributed by atoms with Crippen LogP contribution in [0.5, 0.6) is 0 Å². The summed E-state index contributed by atoms with van der Waals surface area (Å²) in [5.74, 6) is 0.778. The number of hydrogen-bond acceptors (Lipinski definition) is 2. The summed E-state index contributed by atoms with van der Waals surface area (Å²) in [4.78, 5) is 2.55. The molecule has 0 unspecified atom stereocenters. The van der Waals surface area contributed by atoms with Crippen molar-refractivity contribution < 1.29 is 4.74 Å². The summed E-state index contributed by atoms with van der Waals surface area (Å²) < 4.78 is 5.75. The van der Waals surface area contributed by atoms with E-state index in [4.69, 9.17) is 4.74 Å². The molecule has 2 nitrogen and oxygen atoms in total. The molecule has 14 heavy (non-hydrogen) atoms. The fourth-order valence-corrected chi connectivity index (χ4v) is 2.07. The molecule has 0 saturated carbocycles. The summed E-state index contributed by atoms with van der Waals surface area (Å²) in [6.07, 6.45) is 4.33. The van der Waals surface area contributed by atoms with Gasteiger partial charge in [-0.2, -0.15) is 0 Å². The molecule has 2 heteroatoms. The maximum atomic E-state index is 5.75. The second kappa shape index (κ2) is 6.41. The fourth-order valence-electron chi connectivity index (χ4n) is 2.07. The van der Waals surface area contributed by atoms with Crippen molar-refractivity contribution in [2.45, 2.75) is 46.1 Å². The quantitative estimate of drug-likeness (QED) is 0.674. The zero-order chi connectivity index (χ0) is 10.4. The summed E-state index contributed by atoms with van der Waals surface area (Å²) in [5, 5.41) is 0. The smallest absolute Gasteiger partial charge is 0.0702 e. The maximum Gasteiger partial charge on any atom is 0.0702 e. The second-order valence-corrected chi connectivity index (χ2v) is 4.79. The number of unbranched alkanes of at least 4 members (excludes halogenated alkanes) is 1. The molecule has 0 aromatic carbocycles. The Bertz CT molecular complexity index is 147. The lowest BCUT2D eigenvalue weighted by Gasteiger charge is -2.33. The van der Waals surface area contributed by atoms with Gasteiger partial charge in [0.1, 0.15) is 0 Å². The van der Waals surface area contributed by atoms with Crippen molar-refractivity contribution in [3.05, 3.63) is 0 Å². The van der Waals surface area contributed by atoms with Crippen LogP contribution in [-0.2, 0) is 4.74 Å². The normalized spacial score (nSPS) is 24.4. The van der Waals surface area contributed by atoms with Crippen molar-refractivity contribution in [2.75, 3.05) is 26.2 Å². The minimum Gasteiger partial charge on any atom is -0.376 e. The Balaban J connectivity index is 2.21. The molecule has 1 heterocycles. The van der Waals surface area contributed by atoms with E-state index in [1.807, 2.05) is 0 Å². The fraction of sp³-hybridized carbons (Fsp3) is 1.00. The SMILES string of the molecule is CCCC[C@@H]1CN(CC(C)C)CCO1. The summed E-state index contributed by atoms with van der Waals surface area (Å²) >= 11 is 0. The van der Waals surface area contributed by atoms with E-state index in [-0.39, 0.29) is 0 Å². The number of nitrogens with zero attached hydrogens (tertiary/aromatic N) is 1. The van der Waals surface area contributed by atoms with Gasteiger partial charge in [0.2, 0.25) is 0 Å². The molecule has 0 bridgehead atoms.